The molecule has 1 fully saturated rings. The monoisotopic (exact) mass is 272 g/mol. The zero-order chi connectivity index (χ0) is 14.2. The summed E-state index contributed by atoms with van der Waals surface area (Å²) in [4.78, 5) is 12.9. The first kappa shape index (κ1) is 13.8. The van der Waals surface area contributed by atoms with Crippen LogP contribution >= 0.6 is 0 Å². The number of fused-ring (bicyclic) bond motifs is 1. The van der Waals surface area contributed by atoms with E-state index < -0.39 is 0 Å². The van der Waals surface area contributed by atoms with E-state index >= 15 is 0 Å². The quantitative estimate of drug-likeness (QED) is 0.832. The molecule has 0 unspecified atom stereocenters. The molecule has 0 heterocycles. The standard InChI is InChI=1S/C18H24O2/c1-3-4-13-5-6-14-12-18(17(19)16(14)11-13)9-7-15(20-2)8-10-18/h5-6,11,15H,3-4,7-10,12H2,1-2H3. The molecule has 20 heavy (non-hydrogen) atoms. The minimum absolute atomic E-state index is 0.109. The Bertz CT molecular complexity index is 510. The molecule has 0 saturated heterocycles. The van der Waals surface area contributed by atoms with E-state index in [1.165, 1.54) is 11.1 Å². The normalized spacial score (nSPS) is 28.9. The van der Waals surface area contributed by atoms with E-state index in [9.17, 15) is 4.79 Å². The van der Waals surface area contributed by atoms with E-state index in [4.69, 9.17) is 4.74 Å². The number of ether oxygens (including phenoxy) is 1. The van der Waals surface area contributed by atoms with Crippen molar-refractivity contribution >= 4 is 5.78 Å². The first-order valence-electron chi connectivity index (χ1n) is 7.88. The summed E-state index contributed by atoms with van der Waals surface area (Å²) in [6.45, 7) is 2.18. The van der Waals surface area contributed by atoms with Crippen LogP contribution < -0.4 is 0 Å². The molecule has 1 spiro atoms. The van der Waals surface area contributed by atoms with Gasteiger partial charge in [0.15, 0.2) is 5.78 Å². The highest BCUT2D eigenvalue weighted by Gasteiger charge is 2.47. The molecule has 0 amide bonds. The molecule has 3 rings (SSSR count). The Morgan fingerprint density at radius 2 is 2.05 bits per heavy atom. The highest BCUT2D eigenvalue weighted by atomic mass is 16.5. The molecular formula is C18H24O2. The summed E-state index contributed by atoms with van der Waals surface area (Å²) in [6.07, 6.45) is 7.53. The van der Waals surface area contributed by atoms with Crippen LogP contribution in [0, 0.1) is 5.41 Å². The lowest BCUT2D eigenvalue weighted by atomic mass is 9.70. The van der Waals surface area contributed by atoms with Crippen molar-refractivity contribution in [3.05, 3.63) is 34.9 Å². The van der Waals surface area contributed by atoms with Crippen LogP contribution in [-0.2, 0) is 17.6 Å². The van der Waals surface area contributed by atoms with Crippen LogP contribution in [-0.4, -0.2) is 19.0 Å². The number of ketones is 1. The van der Waals surface area contributed by atoms with Crippen molar-refractivity contribution in [1.82, 2.24) is 0 Å². The van der Waals surface area contributed by atoms with Crippen LogP contribution in [0.2, 0.25) is 0 Å². The fourth-order valence-corrected chi connectivity index (χ4v) is 3.95. The summed E-state index contributed by atoms with van der Waals surface area (Å²) in [6, 6.07) is 6.54. The fourth-order valence-electron chi connectivity index (χ4n) is 3.95. The van der Waals surface area contributed by atoms with Crippen LogP contribution in [0.15, 0.2) is 18.2 Å². The highest BCUT2D eigenvalue weighted by molar-refractivity contribution is 6.05. The lowest BCUT2D eigenvalue weighted by Gasteiger charge is -2.35. The van der Waals surface area contributed by atoms with Gasteiger partial charge in [-0.2, -0.15) is 0 Å². The molecule has 2 aliphatic rings. The van der Waals surface area contributed by atoms with Gasteiger partial charge in [0.05, 0.1) is 6.10 Å². The largest absolute Gasteiger partial charge is 0.381 e. The molecular weight excluding hydrogens is 248 g/mol. The average molecular weight is 272 g/mol. The Morgan fingerprint density at radius 3 is 2.70 bits per heavy atom. The number of methoxy groups -OCH3 is 1. The van der Waals surface area contributed by atoms with Gasteiger partial charge in [0, 0.05) is 18.1 Å². The Labute approximate surface area is 121 Å². The van der Waals surface area contributed by atoms with E-state index in [1.807, 2.05) is 0 Å². The first-order chi connectivity index (χ1) is 9.68. The van der Waals surface area contributed by atoms with Gasteiger partial charge in [0.2, 0.25) is 0 Å². The van der Waals surface area contributed by atoms with Crippen LogP contribution in [0.3, 0.4) is 0 Å². The molecule has 2 nitrogen and oxygen atoms in total. The highest BCUT2D eigenvalue weighted by Crippen LogP contribution is 2.47. The van der Waals surface area contributed by atoms with E-state index in [2.05, 4.69) is 25.1 Å². The third-order valence-electron chi connectivity index (χ3n) is 5.19. The molecule has 1 saturated carbocycles. The van der Waals surface area contributed by atoms with Gasteiger partial charge in [-0.05, 0) is 55.7 Å². The molecule has 1 aromatic rings. The molecule has 108 valence electrons. The summed E-state index contributed by atoms with van der Waals surface area (Å²) >= 11 is 0. The smallest absolute Gasteiger partial charge is 0.169 e. The van der Waals surface area contributed by atoms with Crippen molar-refractivity contribution in [2.24, 2.45) is 5.41 Å². The van der Waals surface area contributed by atoms with Crippen molar-refractivity contribution in [3.63, 3.8) is 0 Å². The van der Waals surface area contributed by atoms with Crippen molar-refractivity contribution in [3.8, 4) is 0 Å². The summed E-state index contributed by atoms with van der Waals surface area (Å²) in [5.41, 5.74) is 3.47. The van der Waals surface area contributed by atoms with Crippen LogP contribution in [0.25, 0.3) is 0 Å². The molecule has 0 aromatic heterocycles. The van der Waals surface area contributed by atoms with Gasteiger partial charge in [0.25, 0.3) is 0 Å². The number of Topliss-reactive ketones (excluding diaryl/α,β-unsaturated/α-hetero) is 1. The SMILES string of the molecule is CCCc1ccc2c(c1)C(=O)C1(CCC(OC)CC1)C2. The molecule has 2 aliphatic carbocycles. The maximum atomic E-state index is 12.9. The summed E-state index contributed by atoms with van der Waals surface area (Å²) in [5.74, 6) is 0.403. The van der Waals surface area contributed by atoms with Gasteiger partial charge >= 0.3 is 0 Å². The second-order valence-corrected chi connectivity index (χ2v) is 6.46. The summed E-state index contributed by atoms with van der Waals surface area (Å²) < 4.78 is 5.45. The third-order valence-corrected chi connectivity index (χ3v) is 5.19. The van der Waals surface area contributed by atoms with Gasteiger partial charge in [-0.15, -0.1) is 0 Å². The molecule has 2 heteroatoms. The topological polar surface area (TPSA) is 26.3 Å². The van der Waals surface area contributed by atoms with Gasteiger partial charge in [0.1, 0.15) is 0 Å². The summed E-state index contributed by atoms with van der Waals surface area (Å²) in [5, 5.41) is 0. The number of benzene rings is 1. The van der Waals surface area contributed by atoms with Crippen LogP contribution in [0.4, 0.5) is 0 Å². The number of rotatable bonds is 3. The first-order valence-corrected chi connectivity index (χ1v) is 7.88. The van der Waals surface area contributed by atoms with E-state index in [0.717, 1.165) is 50.5 Å². The zero-order valence-electron chi connectivity index (χ0n) is 12.6. The Balaban J connectivity index is 1.84. The minimum Gasteiger partial charge on any atom is -0.381 e. The van der Waals surface area contributed by atoms with E-state index in [-0.39, 0.29) is 5.41 Å². The van der Waals surface area contributed by atoms with Gasteiger partial charge in [-0.25, -0.2) is 0 Å². The van der Waals surface area contributed by atoms with Crippen LogP contribution in [0.5, 0.6) is 0 Å². The van der Waals surface area contributed by atoms with Crippen molar-refractivity contribution in [2.75, 3.05) is 7.11 Å². The zero-order valence-corrected chi connectivity index (χ0v) is 12.6. The minimum atomic E-state index is -0.109. The van der Waals surface area contributed by atoms with Gasteiger partial charge < -0.3 is 4.74 Å². The number of hydrogen-bond acceptors (Lipinski definition) is 2. The Morgan fingerprint density at radius 1 is 1.30 bits per heavy atom. The van der Waals surface area contributed by atoms with Crippen LogP contribution in [0.1, 0.15) is 60.5 Å². The predicted molar refractivity (Wildman–Crippen MR) is 80.2 cm³/mol. The summed E-state index contributed by atoms with van der Waals surface area (Å²) in [7, 11) is 1.78. The number of hydrogen-bond donors (Lipinski definition) is 0. The van der Waals surface area contributed by atoms with Gasteiger partial charge in [-0.3, -0.25) is 4.79 Å². The average Bonchev–Trinajstić information content (AvgIpc) is 2.74. The fraction of sp³-hybridized carbons (Fsp3) is 0.611. The van der Waals surface area contributed by atoms with E-state index in [1.54, 1.807) is 7.11 Å². The van der Waals surface area contributed by atoms with E-state index in [0.29, 0.717) is 11.9 Å². The second-order valence-electron chi connectivity index (χ2n) is 6.46. The molecule has 0 N–H and O–H groups in total. The Kier molecular flexibility index (Phi) is 3.68. The number of carbonyl (C=O) groups excluding carboxylic acids is 1. The molecule has 0 radical (unpaired) electrons. The second kappa shape index (κ2) is 5.33. The van der Waals surface area contributed by atoms with Crippen molar-refractivity contribution in [2.45, 2.75) is 58.0 Å². The molecule has 0 atom stereocenters. The maximum absolute atomic E-state index is 12.9. The van der Waals surface area contributed by atoms with Gasteiger partial charge in [-0.1, -0.05) is 25.5 Å². The number of aryl methyl sites for hydroxylation is 1. The lowest BCUT2D eigenvalue weighted by Crippen LogP contribution is -2.35. The van der Waals surface area contributed by atoms with Crippen molar-refractivity contribution in [1.29, 1.82) is 0 Å². The Hall–Kier alpha value is -1.15. The molecule has 0 aliphatic heterocycles. The molecule has 0 bridgehead atoms. The van der Waals surface area contributed by atoms with Crippen molar-refractivity contribution < 1.29 is 9.53 Å². The lowest BCUT2D eigenvalue weighted by molar-refractivity contribution is 0.0285. The number of carbonyl (C=O) groups is 1. The maximum Gasteiger partial charge on any atom is 0.169 e. The predicted octanol–water partition coefficient (Wildman–Crippen LogP) is 3.95. The third kappa shape index (κ3) is 2.20. The molecule has 1 aromatic carbocycles.